The van der Waals surface area contributed by atoms with E-state index in [9.17, 15) is 4.79 Å². The third kappa shape index (κ3) is 3.10. The van der Waals surface area contributed by atoms with Crippen LogP contribution < -0.4 is 11.1 Å². The van der Waals surface area contributed by atoms with Gasteiger partial charge in [-0.05, 0) is 37.0 Å². The molecule has 0 saturated carbocycles. The highest BCUT2D eigenvalue weighted by atomic mass is 35.5. The summed E-state index contributed by atoms with van der Waals surface area (Å²) in [5.74, 6) is 1.17. The van der Waals surface area contributed by atoms with Crippen LogP contribution in [0.4, 0.5) is 11.6 Å². The van der Waals surface area contributed by atoms with Gasteiger partial charge in [-0.15, -0.1) is 0 Å². The van der Waals surface area contributed by atoms with Crippen LogP contribution in [0, 0.1) is 5.92 Å². The number of benzene rings is 1. The number of rotatable bonds is 4. The van der Waals surface area contributed by atoms with Crippen LogP contribution in [-0.2, 0) is 16.6 Å². The van der Waals surface area contributed by atoms with Crippen LogP contribution in [0.2, 0.25) is 5.02 Å². The van der Waals surface area contributed by atoms with Crippen molar-refractivity contribution in [1.29, 1.82) is 0 Å². The van der Waals surface area contributed by atoms with E-state index < -0.39 is 5.41 Å². The molecule has 4 heterocycles. The quantitative estimate of drug-likeness (QED) is 0.491. The Morgan fingerprint density at radius 1 is 1.19 bits per heavy atom. The predicted molar refractivity (Wildman–Crippen MR) is 124 cm³/mol. The molecule has 0 aliphatic carbocycles. The van der Waals surface area contributed by atoms with Crippen LogP contribution >= 0.6 is 11.6 Å². The summed E-state index contributed by atoms with van der Waals surface area (Å²) in [5.41, 5.74) is 8.94. The van der Waals surface area contributed by atoms with Gasteiger partial charge in [-0.25, -0.2) is 19.9 Å². The Kier molecular flexibility index (Phi) is 4.63. The fourth-order valence-electron chi connectivity index (χ4n) is 4.21. The van der Waals surface area contributed by atoms with Gasteiger partial charge in [0.2, 0.25) is 5.91 Å². The van der Waals surface area contributed by atoms with Crippen molar-refractivity contribution in [1.82, 2.24) is 24.3 Å². The van der Waals surface area contributed by atoms with Gasteiger partial charge in [0.1, 0.15) is 22.7 Å². The van der Waals surface area contributed by atoms with Crippen LogP contribution in [-0.4, -0.2) is 30.2 Å². The van der Waals surface area contributed by atoms with Crippen molar-refractivity contribution in [3.8, 4) is 11.5 Å². The Hall–Kier alpha value is -3.52. The number of nitrogens with two attached hydrogens (primary N) is 1. The number of carbonyl (C=O) groups excluding carboxylic acids is 1. The molecular formula is C23H22ClN7O. The van der Waals surface area contributed by atoms with Gasteiger partial charge in [0.05, 0.1) is 11.3 Å². The zero-order chi connectivity index (χ0) is 22.6. The number of nitrogen functional groups attached to an aromatic ring is 1. The minimum Gasteiger partial charge on any atom is -0.383 e. The van der Waals surface area contributed by atoms with E-state index in [2.05, 4.69) is 34.1 Å². The van der Waals surface area contributed by atoms with Crippen molar-refractivity contribution < 1.29 is 4.79 Å². The Labute approximate surface area is 189 Å². The SMILES string of the molecule is CC(C)Cc1nc(-c2nc(N)c3c(n2)NC(=O)C3(C)c2ccc(Cl)cc2)cn2ccnc12. The van der Waals surface area contributed by atoms with E-state index in [1.165, 1.54) is 0 Å². The van der Waals surface area contributed by atoms with E-state index in [-0.39, 0.29) is 11.7 Å². The molecule has 0 radical (unpaired) electrons. The lowest BCUT2D eigenvalue weighted by atomic mass is 9.78. The maximum absolute atomic E-state index is 13.1. The average Bonchev–Trinajstić information content (AvgIpc) is 3.31. The Morgan fingerprint density at radius 2 is 1.94 bits per heavy atom. The monoisotopic (exact) mass is 447 g/mol. The minimum atomic E-state index is -1.02. The summed E-state index contributed by atoms with van der Waals surface area (Å²) in [5, 5.41) is 3.47. The van der Waals surface area contributed by atoms with Gasteiger partial charge in [0.25, 0.3) is 0 Å². The van der Waals surface area contributed by atoms with Gasteiger partial charge in [-0.3, -0.25) is 4.79 Å². The second-order valence-corrected chi connectivity index (χ2v) is 9.01. The number of hydrogen-bond acceptors (Lipinski definition) is 6. The molecule has 4 aromatic rings. The first-order valence-electron chi connectivity index (χ1n) is 10.4. The molecule has 1 aromatic carbocycles. The van der Waals surface area contributed by atoms with Crippen molar-refractivity contribution in [3.63, 3.8) is 0 Å². The number of aromatic nitrogens is 5. The summed E-state index contributed by atoms with van der Waals surface area (Å²) >= 11 is 6.03. The van der Waals surface area contributed by atoms with Gasteiger partial charge >= 0.3 is 0 Å². The lowest BCUT2D eigenvalue weighted by molar-refractivity contribution is -0.119. The maximum atomic E-state index is 13.1. The third-order valence-electron chi connectivity index (χ3n) is 5.82. The molecule has 0 bridgehead atoms. The molecule has 1 amide bonds. The van der Waals surface area contributed by atoms with E-state index in [4.69, 9.17) is 22.3 Å². The lowest BCUT2D eigenvalue weighted by Gasteiger charge is -2.23. The Balaban J connectivity index is 1.65. The number of anilines is 2. The summed E-state index contributed by atoms with van der Waals surface area (Å²) in [7, 11) is 0. The molecule has 1 unspecified atom stereocenters. The first kappa shape index (κ1) is 20.4. The molecule has 162 valence electrons. The van der Waals surface area contributed by atoms with Gasteiger partial charge in [-0.2, -0.15) is 0 Å². The smallest absolute Gasteiger partial charge is 0.240 e. The molecule has 9 heteroatoms. The highest BCUT2D eigenvalue weighted by Gasteiger charge is 2.47. The molecule has 0 spiro atoms. The highest BCUT2D eigenvalue weighted by Crippen LogP contribution is 2.45. The van der Waals surface area contributed by atoms with Crippen LogP contribution in [0.15, 0.2) is 42.9 Å². The summed E-state index contributed by atoms with van der Waals surface area (Å²) in [4.78, 5) is 31.5. The number of nitrogens with zero attached hydrogens (tertiary/aromatic N) is 5. The normalized spacial score (nSPS) is 17.7. The number of nitrogens with one attached hydrogen (secondary N) is 1. The number of amides is 1. The van der Waals surface area contributed by atoms with Crippen molar-refractivity contribution in [2.45, 2.75) is 32.6 Å². The molecule has 32 heavy (non-hydrogen) atoms. The molecule has 1 aliphatic rings. The molecule has 0 fully saturated rings. The standard InChI is InChI=1S/C23H22ClN7O/c1-12(2)10-15-21-26-8-9-31(21)11-16(27-15)19-28-18(25)17-20(29-19)30-22(32)23(17,3)13-4-6-14(24)7-5-13/h4-9,11-12H,10H2,1-3H3,(H3,25,28,29,30,32). The van der Waals surface area contributed by atoms with E-state index >= 15 is 0 Å². The van der Waals surface area contributed by atoms with E-state index in [0.717, 1.165) is 23.3 Å². The second kappa shape index (κ2) is 7.27. The molecule has 1 aliphatic heterocycles. The van der Waals surface area contributed by atoms with Crippen LogP contribution in [0.25, 0.3) is 17.2 Å². The topological polar surface area (TPSA) is 111 Å². The largest absolute Gasteiger partial charge is 0.383 e. The molecule has 3 aromatic heterocycles. The maximum Gasteiger partial charge on any atom is 0.240 e. The first-order valence-corrected chi connectivity index (χ1v) is 10.7. The van der Waals surface area contributed by atoms with E-state index in [0.29, 0.717) is 33.8 Å². The predicted octanol–water partition coefficient (Wildman–Crippen LogP) is 3.88. The van der Waals surface area contributed by atoms with Gasteiger partial charge in [0, 0.05) is 23.6 Å². The fraction of sp³-hybridized carbons (Fsp3) is 0.261. The Bertz CT molecular complexity index is 1360. The summed E-state index contributed by atoms with van der Waals surface area (Å²) < 4.78 is 1.91. The van der Waals surface area contributed by atoms with Crippen LogP contribution in [0.3, 0.4) is 0 Å². The van der Waals surface area contributed by atoms with Crippen molar-refractivity contribution in [2.75, 3.05) is 11.1 Å². The molecule has 8 nitrogen and oxygen atoms in total. The average molecular weight is 448 g/mol. The van der Waals surface area contributed by atoms with E-state index in [1.807, 2.05) is 35.9 Å². The van der Waals surface area contributed by atoms with E-state index in [1.54, 1.807) is 18.3 Å². The molecular weight excluding hydrogens is 426 g/mol. The summed E-state index contributed by atoms with van der Waals surface area (Å²) in [6, 6.07) is 7.13. The second-order valence-electron chi connectivity index (χ2n) is 8.57. The molecule has 1 atom stereocenters. The number of fused-ring (bicyclic) bond motifs is 2. The first-order chi connectivity index (χ1) is 15.3. The molecule has 3 N–H and O–H groups in total. The summed E-state index contributed by atoms with van der Waals surface area (Å²) in [6.07, 6.45) is 6.18. The van der Waals surface area contributed by atoms with Crippen LogP contribution in [0.1, 0.15) is 37.6 Å². The third-order valence-corrected chi connectivity index (χ3v) is 6.07. The highest BCUT2D eigenvalue weighted by molar-refractivity contribution is 6.30. The lowest BCUT2D eigenvalue weighted by Crippen LogP contribution is -2.32. The number of carbonyl (C=O) groups is 1. The number of hydrogen-bond donors (Lipinski definition) is 2. The van der Waals surface area contributed by atoms with Gasteiger partial charge < -0.3 is 15.5 Å². The zero-order valence-corrected chi connectivity index (χ0v) is 18.7. The number of halogens is 1. The van der Waals surface area contributed by atoms with Crippen molar-refractivity contribution in [2.24, 2.45) is 5.92 Å². The molecule has 5 rings (SSSR count). The van der Waals surface area contributed by atoms with Crippen molar-refractivity contribution >= 4 is 34.8 Å². The molecule has 0 saturated heterocycles. The summed E-state index contributed by atoms with van der Waals surface area (Å²) in [6.45, 7) is 6.07. The Morgan fingerprint density at radius 3 is 2.66 bits per heavy atom. The van der Waals surface area contributed by atoms with Gasteiger partial charge in [0.15, 0.2) is 11.5 Å². The fourth-order valence-corrected chi connectivity index (χ4v) is 4.33. The number of imidazole rings is 1. The van der Waals surface area contributed by atoms with Crippen LogP contribution in [0.5, 0.6) is 0 Å². The zero-order valence-electron chi connectivity index (χ0n) is 17.9. The van der Waals surface area contributed by atoms with Crippen molar-refractivity contribution in [3.05, 3.63) is 64.7 Å². The minimum absolute atomic E-state index is 0.216. The van der Waals surface area contributed by atoms with Gasteiger partial charge in [-0.1, -0.05) is 37.6 Å².